The predicted octanol–water partition coefficient (Wildman–Crippen LogP) is 6.18. The SMILES string of the molecule is Cc1ccc2sc(N(Cc3ccccc3)C(=O)c3ccc(S(=O)(=O)N4CCC(C)CC4)cc3)nc2c1C. The van der Waals surface area contributed by atoms with Crippen LogP contribution in [0.25, 0.3) is 10.2 Å². The zero-order valence-corrected chi connectivity index (χ0v) is 23.0. The van der Waals surface area contributed by atoms with Crippen LogP contribution in [0.15, 0.2) is 71.6 Å². The van der Waals surface area contributed by atoms with Crippen molar-refractivity contribution < 1.29 is 13.2 Å². The number of hydrogen-bond donors (Lipinski definition) is 0. The van der Waals surface area contributed by atoms with Crippen LogP contribution in [0.1, 0.15) is 46.8 Å². The quantitative estimate of drug-likeness (QED) is 0.297. The van der Waals surface area contributed by atoms with Gasteiger partial charge in [0.25, 0.3) is 5.91 Å². The van der Waals surface area contributed by atoms with Crippen molar-refractivity contribution in [2.75, 3.05) is 18.0 Å². The first kappa shape index (κ1) is 25.6. The molecule has 0 unspecified atom stereocenters. The minimum absolute atomic E-state index is 0.215. The normalized spacial score (nSPS) is 15.2. The minimum atomic E-state index is -3.58. The summed E-state index contributed by atoms with van der Waals surface area (Å²) in [5.74, 6) is 0.324. The van der Waals surface area contributed by atoms with Gasteiger partial charge in [-0.15, -0.1) is 0 Å². The van der Waals surface area contributed by atoms with Crippen LogP contribution in [0.2, 0.25) is 0 Å². The van der Waals surface area contributed by atoms with Gasteiger partial charge in [0.2, 0.25) is 10.0 Å². The molecule has 0 radical (unpaired) electrons. The number of aromatic nitrogens is 1. The van der Waals surface area contributed by atoms with Crippen molar-refractivity contribution in [3.8, 4) is 0 Å². The van der Waals surface area contributed by atoms with Crippen molar-refractivity contribution in [1.82, 2.24) is 9.29 Å². The van der Waals surface area contributed by atoms with Crippen molar-refractivity contribution in [1.29, 1.82) is 0 Å². The van der Waals surface area contributed by atoms with E-state index in [4.69, 9.17) is 4.98 Å². The number of amides is 1. The molecular formula is C29H31N3O3S2. The van der Waals surface area contributed by atoms with Gasteiger partial charge in [0.15, 0.2) is 5.13 Å². The van der Waals surface area contributed by atoms with E-state index in [2.05, 4.69) is 19.9 Å². The van der Waals surface area contributed by atoms with E-state index in [0.29, 0.717) is 36.2 Å². The molecule has 0 saturated carbocycles. The van der Waals surface area contributed by atoms with Crippen LogP contribution in [-0.4, -0.2) is 36.7 Å². The summed E-state index contributed by atoms with van der Waals surface area (Å²) in [4.78, 5) is 20.6. The molecule has 0 N–H and O–H groups in total. The van der Waals surface area contributed by atoms with E-state index >= 15 is 0 Å². The van der Waals surface area contributed by atoms with Crippen LogP contribution in [0.3, 0.4) is 0 Å². The molecule has 3 aromatic carbocycles. The molecule has 5 rings (SSSR count). The number of carbonyl (C=O) groups excluding carboxylic acids is 1. The lowest BCUT2D eigenvalue weighted by Crippen LogP contribution is -2.37. The van der Waals surface area contributed by atoms with Crippen molar-refractivity contribution in [3.05, 3.63) is 89.0 Å². The number of piperidine rings is 1. The Kier molecular flexibility index (Phi) is 7.16. The number of thiazole rings is 1. The van der Waals surface area contributed by atoms with Crippen LogP contribution in [0.5, 0.6) is 0 Å². The number of rotatable bonds is 6. The molecule has 1 aromatic heterocycles. The van der Waals surface area contributed by atoms with Gasteiger partial charge in [-0.05, 0) is 79.6 Å². The zero-order chi connectivity index (χ0) is 26.2. The van der Waals surface area contributed by atoms with Crippen molar-refractivity contribution in [2.24, 2.45) is 5.92 Å². The highest BCUT2D eigenvalue weighted by Gasteiger charge is 2.29. The van der Waals surface area contributed by atoms with Gasteiger partial charge in [-0.1, -0.05) is 54.7 Å². The van der Waals surface area contributed by atoms with Gasteiger partial charge in [-0.2, -0.15) is 4.31 Å². The number of sulfonamides is 1. The maximum absolute atomic E-state index is 13.8. The fraction of sp³-hybridized carbons (Fsp3) is 0.310. The van der Waals surface area contributed by atoms with Gasteiger partial charge >= 0.3 is 0 Å². The first-order valence-electron chi connectivity index (χ1n) is 12.6. The maximum Gasteiger partial charge on any atom is 0.260 e. The second-order valence-electron chi connectivity index (χ2n) is 9.84. The van der Waals surface area contributed by atoms with E-state index in [1.807, 2.05) is 43.3 Å². The Hall–Kier alpha value is -3.07. The molecule has 1 aliphatic rings. The topological polar surface area (TPSA) is 70.6 Å². The summed E-state index contributed by atoms with van der Waals surface area (Å²) >= 11 is 1.49. The molecule has 37 heavy (non-hydrogen) atoms. The summed E-state index contributed by atoms with van der Waals surface area (Å²) < 4.78 is 28.9. The summed E-state index contributed by atoms with van der Waals surface area (Å²) in [6, 6.07) is 20.3. The predicted molar refractivity (Wildman–Crippen MR) is 150 cm³/mol. The third-order valence-electron chi connectivity index (χ3n) is 7.21. The summed E-state index contributed by atoms with van der Waals surface area (Å²) in [7, 11) is -3.58. The largest absolute Gasteiger partial charge is 0.279 e. The number of aryl methyl sites for hydroxylation is 2. The summed E-state index contributed by atoms with van der Waals surface area (Å²) in [6.07, 6.45) is 1.73. The number of hydrogen-bond acceptors (Lipinski definition) is 5. The van der Waals surface area contributed by atoms with Crippen LogP contribution in [0, 0.1) is 19.8 Å². The second kappa shape index (κ2) is 10.4. The van der Waals surface area contributed by atoms with Gasteiger partial charge in [0.05, 0.1) is 21.7 Å². The Morgan fingerprint density at radius 3 is 2.35 bits per heavy atom. The Morgan fingerprint density at radius 2 is 1.68 bits per heavy atom. The maximum atomic E-state index is 13.8. The van der Waals surface area contributed by atoms with E-state index in [0.717, 1.165) is 39.7 Å². The van der Waals surface area contributed by atoms with E-state index in [1.54, 1.807) is 33.5 Å². The Morgan fingerprint density at radius 1 is 1.00 bits per heavy atom. The molecule has 0 aliphatic carbocycles. The molecule has 1 saturated heterocycles. The van der Waals surface area contributed by atoms with Crippen LogP contribution < -0.4 is 4.90 Å². The zero-order valence-electron chi connectivity index (χ0n) is 21.3. The molecule has 8 heteroatoms. The van der Waals surface area contributed by atoms with E-state index in [-0.39, 0.29) is 10.8 Å². The molecule has 0 spiro atoms. The molecule has 0 atom stereocenters. The summed E-state index contributed by atoms with van der Waals surface area (Å²) in [5.41, 5.74) is 4.58. The highest BCUT2D eigenvalue weighted by atomic mass is 32.2. The first-order valence-corrected chi connectivity index (χ1v) is 14.8. The Bertz CT molecular complexity index is 1520. The highest BCUT2D eigenvalue weighted by molar-refractivity contribution is 7.89. The molecule has 1 amide bonds. The van der Waals surface area contributed by atoms with Crippen molar-refractivity contribution in [2.45, 2.75) is 45.1 Å². The lowest BCUT2D eigenvalue weighted by Gasteiger charge is -2.29. The van der Waals surface area contributed by atoms with E-state index < -0.39 is 10.0 Å². The minimum Gasteiger partial charge on any atom is -0.279 e. The number of carbonyl (C=O) groups is 1. The molecule has 1 aliphatic heterocycles. The van der Waals surface area contributed by atoms with E-state index in [1.165, 1.54) is 11.3 Å². The van der Waals surface area contributed by atoms with Crippen LogP contribution in [0.4, 0.5) is 5.13 Å². The van der Waals surface area contributed by atoms with Gasteiger partial charge < -0.3 is 0 Å². The molecule has 2 heterocycles. The average molecular weight is 534 g/mol. The van der Waals surface area contributed by atoms with Gasteiger partial charge in [0.1, 0.15) is 0 Å². The third kappa shape index (κ3) is 5.19. The summed E-state index contributed by atoms with van der Waals surface area (Å²) in [5, 5.41) is 0.622. The van der Waals surface area contributed by atoms with E-state index in [9.17, 15) is 13.2 Å². The fourth-order valence-corrected chi connectivity index (χ4v) is 7.11. The third-order valence-corrected chi connectivity index (χ3v) is 10.2. The molecule has 1 fully saturated rings. The molecule has 192 valence electrons. The standard InChI is InChI=1S/C29H31N3O3S2/c1-20-15-17-31(18-16-20)37(34,35)25-12-10-24(11-13-25)28(33)32(19-23-7-5-4-6-8-23)29-30-27-22(3)21(2)9-14-26(27)36-29/h4-14,20H,15-19H2,1-3H3. The van der Waals surface area contributed by atoms with Gasteiger partial charge in [-0.3, -0.25) is 9.69 Å². The van der Waals surface area contributed by atoms with Crippen molar-refractivity contribution >= 4 is 42.6 Å². The average Bonchev–Trinajstić information content (AvgIpc) is 3.35. The molecular weight excluding hydrogens is 502 g/mol. The van der Waals surface area contributed by atoms with Crippen molar-refractivity contribution in [3.63, 3.8) is 0 Å². The molecule has 4 aromatic rings. The highest BCUT2D eigenvalue weighted by Crippen LogP contribution is 2.33. The first-order chi connectivity index (χ1) is 17.7. The fourth-order valence-electron chi connectivity index (χ4n) is 4.62. The number of nitrogens with zero attached hydrogens (tertiary/aromatic N) is 3. The smallest absolute Gasteiger partial charge is 0.260 e. The van der Waals surface area contributed by atoms with Gasteiger partial charge in [-0.25, -0.2) is 13.4 Å². The molecule has 6 nitrogen and oxygen atoms in total. The van der Waals surface area contributed by atoms with Crippen LogP contribution in [-0.2, 0) is 16.6 Å². The molecule has 0 bridgehead atoms. The number of fused-ring (bicyclic) bond motifs is 1. The number of anilines is 1. The summed E-state index contributed by atoms with van der Waals surface area (Å²) in [6.45, 7) is 7.69. The number of benzene rings is 3. The second-order valence-corrected chi connectivity index (χ2v) is 12.8. The van der Waals surface area contributed by atoms with Gasteiger partial charge in [0, 0.05) is 18.7 Å². The lowest BCUT2D eigenvalue weighted by molar-refractivity contribution is 0.0985. The Balaban J connectivity index is 1.47. The van der Waals surface area contributed by atoms with Crippen LogP contribution >= 0.6 is 11.3 Å². The Labute approximate surface area is 222 Å². The lowest BCUT2D eigenvalue weighted by atomic mass is 10.0. The monoisotopic (exact) mass is 533 g/mol.